The van der Waals surface area contributed by atoms with Gasteiger partial charge in [-0.2, -0.15) is 0 Å². The van der Waals surface area contributed by atoms with Gasteiger partial charge in [-0.3, -0.25) is 0 Å². The van der Waals surface area contributed by atoms with E-state index in [-0.39, 0.29) is 6.04 Å². The fraction of sp³-hybridized carbons (Fsp3) is 0.500. The highest BCUT2D eigenvalue weighted by molar-refractivity contribution is 7.09. The summed E-state index contributed by atoms with van der Waals surface area (Å²) in [6.07, 6.45) is 3.42. The smallest absolute Gasteiger partial charge is 0.135 e. The predicted octanol–water partition coefficient (Wildman–Crippen LogP) is 3.66. The summed E-state index contributed by atoms with van der Waals surface area (Å²) in [4.78, 5) is 13.1. The number of hydrogen-bond acceptors (Lipinski definition) is 6. The fourth-order valence-corrected chi connectivity index (χ4v) is 2.73. The van der Waals surface area contributed by atoms with Crippen molar-refractivity contribution < 1.29 is 0 Å². The first-order valence-electron chi connectivity index (χ1n) is 6.88. The number of aromatic nitrogens is 3. The van der Waals surface area contributed by atoms with E-state index < -0.39 is 0 Å². The van der Waals surface area contributed by atoms with Crippen LogP contribution in [0.5, 0.6) is 0 Å². The summed E-state index contributed by atoms with van der Waals surface area (Å²) in [5.74, 6) is 2.14. The first-order chi connectivity index (χ1) is 9.63. The van der Waals surface area contributed by atoms with Gasteiger partial charge in [-0.15, -0.1) is 11.3 Å². The molecule has 1 atom stereocenters. The average molecular weight is 291 g/mol. The molecular formula is C14H21N5S. The van der Waals surface area contributed by atoms with Gasteiger partial charge in [0.25, 0.3) is 0 Å². The quantitative estimate of drug-likeness (QED) is 0.850. The van der Waals surface area contributed by atoms with E-state index in [1.165, 1.54) is 0 Å². The topological polar surface area (TPSA) is 62.7 Å². The molecule has 20 heavy (non-hydrogen) atoms. The van der Waals surface area contributed by atoms with Crippen LogP contribution in [0.15, 0.2) is 17.9 Å². The summed E-state index contributed by atoms with van der Waals surface area (Å²) >= 11 is 1.65. The monoisotopic (exact) mass is 291 g/mol. The lowest BCUT2D eigenvalue weighted by Gasteiger charge is -2.19. The van der Waals surface area contributed by atoms with Crippen molar-refractivity contribution in [3.05, 3.63) is 28.5 Å². The molecule has 108 valence electrons. The van der Waals surface area contributed by atoms with E-state index in [0.717, 1.165) is 28.8 Å². The van der Waals surface area contributed by atoms with Crippen molar-refractivity contribution in [1.82, 2.24) is 15.0 Å². The minimum atomic E-state index is 0.136. The van der Waals surface area contributed by atoms with Crippen LogP contribution >= 0.6 is 11.3 Å². The Kier molecular flexibility index (Phi) is 4.89. The number of thiazole rings is 1. The van der Waals surface area contributed by atoms with E-state index >= 15 is 0 Å². The van der Waals surface area contributed by atoms with Crippen molar-refractivity contribution in [1.29, 1.82) is 0 Å². The van der Waals surface area contributed by atoms with E-state index in [9.17, 15) is 0 Å². The molecule has 0 fully saturated rings. The fourth-order valence-electron chi connectivity index (χ4n) is 2.08. The standard InChI is InChI=1S/C14H21N5S/c1-5-15-12-11(9(2)3)13(18-8-17-12)19-10(4)14-16-6-7-20-14/h6-10H,5H2,1-4H3,(H2,15,17,18,19). The summed E-state index contributed by atoms with van der Waals surface area (Å²) in [7, 11) is 0. The summed E-state index contributed by atoms with van der Waals surface area (Å²) < 4.78 is 0. The van der Waals surface area contributed by atoms with Gasteiger partial charge in [-0.1, -0.05) is 13.8 Å². The number of nitrogens with zero attached hydrogens (tertiary/aromatic N) is 3. The van der Waals surface area contributed by atoms with Crippen LogP contribution in [0, 0.1) is 0 Å². The molecule has 2 aromatic heterocycles. The normalized spacial score (nSPS) is 12.4. The second-order valence-corrected chi connectivity index (χ2v) is 5.83. The zero-order valence-electron chi connectivity index (χ0n) is 12.3. The van der Waals surface area contributed by atoms with Gasteiger partial charge in [-0.25, -0.2) is 15.0 Å². The van der Waals surface area contributed by atoms with E-state index in [2.05, 4.69) is 53.3 Å². The SMILES string of the molecule is CCNc1ncnc(NC(C)c2nccs2)c1C(C)C. The highest BCUT2D eigenvalue weighted by Crippen LogP contribution is 2.30. The van der Waals surface area contributed by atoms with Crippen molar-refractivity contribution in [3.8, 4) is 0 Å². The molecule has 6 heteroatoms. The molecule has 2 rings (SSSR count). The minimum absolute atomic E-state index is 0.136. The molecule has 0 aliphatic heterocycles. The van der Waals surface area contributed by atoms with Crippen LogP contribution < -0.4 is 10.6 Å². The van der Waals surface area contributed by atoms with Gasteiger partial charge in [0.1, 0.15) is 23.0 Å². The van der Waals surface area contributed by atoms with Crippen molar-refractivity contribution in [3.63, 3.8) is 0 Å². The molecule has 2 heterocycles. The largest absolute Gasteiger partial charge is 0.370 e. The Hall–Kier alpha value is -1.69. The van der Waals surface area contributed by atoms with E-state index in [0.29, 0.717) is 5.92 Å². The van der Waals surface area contributed by atoms with E-state index in [4.69, 9.17) is 0 Å². The molecular weight excluding hydrogens is 270 g/mol. The van der Waals surface area contributed by atoms with Crippen LogP contribution in [0.25, 0.3) is 0 Å². The molecule has 0 amide bonds. The van der Waals surface area contributed by atoms with Crippen LogP contribution in [0.2, 0.25) is 0 Å². The van der Waals surface area contributed by atoms with Gasteiger partial charge in [0.15, 0.2) is 0 Å². The third-order valence-corrected chi connectivity index (χ3v) is 3.94. The Labute approximate surface area is 123 Å². The number of hydrogen-bond donors (Lipinski definition) is 2. The Morgan fingerprint density at radius 2 is 1.90 bits per heavy atom. The zero-order chi connectivity index (χ0) is 14.5. The highest BCUT2D eigenvalue weighted by atomic mass is 32.1. The predicted molar refractivity (Wildman–Crippen MR) is 84.4 cm³/mol. The lowest BCUT2D eigenvalue weighted by Crippen LogP contribution is -2.13. The molecule has 0 saturated carbocycles. The molecule has 2 aromatic rings. The third-order valence-electron chi connectivity index (χ3n) is 2.98. The Morgan fingerprint density at radius 1 is 1.15 bits per heavy atom. The zero-order valence-corrected chi connectivity index (χ0v) is 13.2. The molecule has 5 nitrogen and oxygen atoms in total. The molecule has 1 unspecified atom stereocenters. The molecule has 0 saturated heterocycles. The lowest BCUT2D eigenvalue weighted by atomic mass is 10.0. The van der Waals surface area contributed by atoms with Gasteiger partial charge in [0, 0.05) is 23.7 Å². The van der Waals surface area contributed by atoms with Gasteiger partial charge >= 0.3 is 0 Å². The van der Waals surface area contributed by atoms with Crippen molar-refractivity contribution in [2.24, 2.45) is 0 Å². The van der Waals surface area contributed by atoms with Crippen LogP contribution in [0.4, 0.5) is 11.6 Å². The maximum atomic E-state index is 4.41. The third kappa shape index (κ3) is 3.25. The van der Waals surface area contributed by atoms with E-state index in [1.54, 1.807) is 17.7 Å². The molecule has 0 aliphatic carbocycles. The molecule has 2 N–H and O–H groups in total. The summed E-state index contributed by atoms with van der Waals surface area (Å²) in [6.45, 7) is 9.31. The van der Waals surface area contributed by atoms with Crippen LogP contribution in [0.3, 0.4) is 0 Å². The molecule has 0 aliphatic rings. The Bertz CT molecular complexity index is 539. The minimum Gasteiger partial charge on any atom is -0.370 e. The van der Waals surface area contributed by atoms with Crippen molar-refractivity contribution in [2.75, 3.05) is 17.2 Å². The maximum absolute atomic E-state index is 4.41. The number of nitrogens with one attached hydrogen (secondary N) is 2. The number of anilines is 2. The van der Waals surface area contributed by atoms with Gasteiger partial charge in [0.2, 0.25) is 0 Å². The first-order valence-corrected chi connectivity index (χ1v) is 7.76. The highest BCUT2D eigenvalue weighted by Gasteiger charge is 2.17. The molecule has 0 aromatic carbocycles. The maximum Gasteiger partial charge on any atom is 0.135 e. The summed E-state index contributed by atoms with van der Waals surface area (Å²) in [5, 5.41) is 9.80. The first kappa shape index (κ1) is 14.7. The van der Waals surface area contributed by atoms with Crippen molar-refractivity contribution >= 4 is 23.0 Å². The van der Waals surface area contributed by atoms with Gasteiger partial charge < -0.3 is 10.6 Å². The molecule has 0 bridgehead atoms. The van der Waals surface area contributed by atoms with Crippen LogP contribution in [-0.2, 0) is 0 Å². The second kappa shape index (κ2) is 6.65. The summed E-state index contributed by atoms with van der Waals surface area (Å²) in [5.41, 5.74) is 1.12. The average Bonchev–Trinajstić information content (AvgIpc) is 2.92. The molecule has 0 radical (unpaired) electrons. The van der Waals surface area contributed by atoms with Gasteiger partial charge in [-0.05, 0) is 19.8 Å². The summed E-state index contributed by atoms with van der Waals surface area (Å²) in [6, 6.07) is 0.136. The van der Waals surface area contributed by atoms with Gasteiger partial charge in [0.05, 0.1) is 6.04 Å². The van der Waals surface area contributed by atoms with E-state index in [1.807, 2.05) is 11.6 Å². The van der Waals surface area contributed by atoms with Crippen LogP contribution in [-0.4, -0.2) is 21.5 Å². The second-order valence-electron chi connectivity index (χ2n) is 4.91. The van der Waals surface area contributed by atoms with Crippen molar-refractivity contribution in [2.45, 2.75) is 39.7 Å². The van der Waals surface area contributed by atoms with Crippen LogP contribution in [0.1, 0.15) is 50.2 Å². The number of rotatable bonds is 6. The Balaban J connectivity index is 2.28. The molecule has 0 spiro atoms. The lowest BCUT2D eigenvalue weighted by molar-refractivity contribution is 0.814. The Morgan fingerprint density at radius 3 is 2.50 bits per heavy atom.